The highest BCUT2D eigenvalue weighted by Gasteiger charge is 2.53. The zero-order valence-corrected chi connectivity index (χ0v) is 12.7. The second-order valence-electron chi connectivity index (χ2n) is 6.03. The number of nitrogens with one attached hydrogen (secondary N) is 1. The molecule has 0 heterocycles. The molecule has 1 saturated carbocycles. The van der Waals surface area contributed by atoms with Gasteiger partial charge in [0.2, 0.25) is 5.91 Å². The Morgan fingerprint density at radius 3 is 2.52 bits per heavy atom. The lowest BCUT2D eigenvalue weighted by molar-refractivity contribution is -0.385. The van der Waals surface area contributed by atoms with E-state index >= 15 is 0 Å². The van der Waals surface area contributed by atoms with Gasteiger partial charge in [0.1, 0.15) is 0 Å². The minimum atomic E-state index is -0.460. The zero-order valence-electron chi connectivity index (χ0n) is 12.7. The van der Waals surface area contributed by atoms with E-state index in [1.165, 1.54) is 12.3 Å². The Kier molecular flexibility index (Phi) is 4.50. The molecule has 1 aromatic carbocycles. The molecule has 0 bridgehead atoms. The number of carbonyl (C=O) groups is 1. The lowest BCUT2D eigenvalue weighted by atomic mass is 10.1. The number of benzene rings is 1. The molecule has 6 heteroatoms. The highest BCUT2D eigenvalue weighted by Crippen LogP contribution is 2.52. The van der Waals surface area contributed by atoms with Crippen molar-refractivity contribution in [3.63, 3.8) is 0 Å². The Balaban J connectivity index is 1.59. The molecule has 2 aliphatic carbocycles. The summed E-state index contributed by atoms with van der Waals surface area (Å²) in [6.45, 7) is 0. The van der Waals surface area contributed by atoms with Crippen molar-refractivity contribution in [2.24, 2.45) is 22.9 Å². The van der Waals surface area contributed by atoms with Crippen molar-refractivity contribution in [2.75, 3.05) is 0 Å². The Hall–Kier alpha value is -2.50. The van der Waals surface area contributed by atoms with Gasteiger partial charge in [-0.15, -0.1) is 0 Å². The number of nitrogens with zero attached hydrogens (tertiary/aromatic N) is 2. The monoisotopic (exact) mass is 313 g/mol. The number of hydrazone groups is 1. The first-order chi connectivity index (χ1) is 11.2. The molecule has 0 aliphatic heterocycles. The van der Waals surface area contributed by atoms with E-state index < -0.39 is 4.92 Å². The van der Waals surface area contributed by atoms with Crippen LogP contribution in [0.5, 0.6) is 0 Å². The van der Waals surface area contributed by atoms with E-state index in [2.05, 4.69) is 22.7 Å². The topological polar surface area (TPSA) is 84.6 Å². The van der Waals surface area contributed by atoms with Crippen molar-refractivity contribution in [3.8, 4) is 0 Å². The van der Waals surface area contributed by atoms with Crippen LogP contribution in [-0.2, 0) is 4.79 Å². The molecule has 0 saturated heterocycles. The van der Waals surface area contributed by atoms with Crippen LogP contribution in [-0.4, -0.2) is 17.0 Å². The summed E-state index contributed by atoms with van der Waals surface area (Å²) >= 11 is 0. The van der Waals surface area contributed by atoms with Crippen molar-refractivity contribution in [1.29, 1.82) is 0 Å². The maximum atomic E-state index is 12.2. The van der Waals surface area contributed by atoms with E-state index in [4.69, 9.17) is 0 Å². The fourth-order valence-electron chi connectivity index (χ4n) is 3.44. The van der Waals surface area contributed by atoms with Crippen LogP contribution in [0.1, 0.15) is 31.2 Å². The summed E-state index contributed by atoms with van der Waals surface area (Å²) in [7, 11) is 0. The molecule has 2 atom stereocenters. The number of fused-ring (bicyclic) bond motifs is 1. The molecule has 3 rings (SSSR count). The van der Waals surface area contributed by atoms with Crippen molar-refractivity contribution in [3.05, 3.63) is 52.1 Å². The fourth-order valence-corrected chi connectivity index (χ4v) is 3.44. The van der Waals surface area contributed by atoms with Crippen molar-refractivity contribution in [2.45, 2.75) is 25.7 Å². The van der Waals surface area contributed by atoms with Gasteiger partial charge in [-0.2, -0.15) is 5.10 Å². The maximum absolute atomic E-state index is 12.2. The highest BCUT2D eigenvalue weighted by molar-refractivity contribution is 5.87. The minimum absolute atomic E-state index is 0.0235. The summed E-state index contributed by atoms with van der Waals surface area (Å²) in [5.41, 5.74) is 2.90. The summed E-state index contributed by atoms with van der Waals surface area (Å²) in [6, 6.07) is 6.32. The van der Waals surface area contributed by atoms with Gasteiger partial charge in [-0.3, -0.25) is 14.9 Å². The number of amides is 1. The molecular weight excluding hydrogens is 294 g/mol. The molecule has 0 unspecified atom stereocenters. The Labute approximate surface area is 134 Å². The van der Waals surface area contributed by atoms with Crippen LogP contribution < -0.4 is 5.43 Å². The Morgan fingerprint density at radius 2 is 1.87 bits per heavy atom. The first-order valence-corrected chi connectivity index (χ1v) is 7.90. The molecule has 0 radical (unpaired) electrons. The second kappa shape index (κ2) is 6.73. The Morgan fingerprint density at radius 1 is 1.22 bits per heavy atom. The van der Waals surface area contributed by atoms with Crippen LogP contribution in [0, 0.1) is 27.9 Å². The third kappa shape index (κ3) is 3.47. The summed E-state index contributed by atoms with van der Waals surface area (Å²) in [4.78, 5) is 22.7. The quantitative estimate of drug-likeness (QED) is 0.401. The number of para-hydroxylation sites is 1. The van der Waals surface area contributed by atoms with Gasteiger partial charge in [0.05, 0.1) is 16.7 Å². The van der Waals surface area contributed by atoms with Gasteiger partial charge in [0.15, 0.2) is 0 Å². The molecule has 120 valence electrons. The molecule has 1 aromatic rings. The number of rotatable bonds is 4. The van der Waals surface area contributed by atoms with Gasteiger partial charge in [-0.25, -0.2) is 5.43 Å². The van der Waals surface area contributed by atoms with Crippen LogP contribution in [0.2, 0.25) is 0 Å². The van der Waals surface area contributed by atoms with Gasteiger partial charge < -0.3 is 0 Å². The lowest BCUT2D eigenvalue weighted by Crippen LogP contribution is -2.21. The SMILES string of the molecule is O=C(N/N=C\c1ccccc1[N+](=O)[O-])C1[C@H]2CCC=CCC[C@H]12. The number of nitro benzene ring substituents is 1. The average molecular weight is 313 g/mol. The molecule has 6 nitrogen and oxygen atoms in total. The van der Waals surface area contributed by atoms with Gasteiger partial charge in [0.25, 0.3) is 5.69 Å². The van der Waals surface area contributed by atoms with E-state index in [9.17, 15) is 14.9 Å². The molecule has 1 amide bonds. The van der Waals surface area contributed by atoms with E-state index in [0.717, 1.165) is 25.7 Å². The maximum Gasteiger partial charge on any atom is 0.278 e. The molecule has 1 N–H and O–H groups in total. The summed E-state index contributed by atoms with van der Waals surface area (Å²) < 4.78 is 0. The van der Waals surface area contributed by atoms with Crippen molar-refractivity contribution in [1.82, 2.24) is 5.43 Å². The third-order valence-electron chi connectivity index (χ3n) is 4.65. The summed E-state index contributed by atoms with van der Waals surface area (Å²) in [5.74, 6) is 0.886. The predicted molar refractivity (Wildman–Crippen MR) is 86.9 cm³/mol. The predicted octanol–water partition coefficient (Wildman–Crippen LogP) is 3.04. The van der Waals surface area contributed by atoms with Gasteiger partial charge >= 0.3 is 0 Å². The van der Waals surface area contributed by atoms with Gasteiger partial charge in [-0.1, -0.05) is 24.3 Å². The average Bonchev–Trinajstić information content (AvgIpc) is 3.18. The number of nitro groups is 1. The van der Waals surface area contributed by atoms with Crippen LogP contribution >= 0.6 is 0 Å². The zero-order chi connectivity index (χ0) is 16.2. The van der Waals surface area contributed by atoms with Crippen molar-refractivity contribution >= 4 is 17.8 Å². The number of allylic oxidation sites excluding steroid dienone is 2. The summed E-state index contributed by atoms with van der Waals surface area (Å²) in [6.07, 6.45) is 9.88. The molecule has 0 spiro atoms. The van der Waals surface area contributed by atoms with E-state index in [1.807, 2.05) is 0 Å². The molecule has 2 aliphatic rings. The standard InChI is InChI=1S/C17H19N3O3/c21-17(16-13-8-3-1-2-4-9-14(13)16)19-18-11-12-7-5-6-10-15(12)20(22)23/h1-2,5-7,10-11,13-14,16H,3-4,8-9H2,(H,19,21)/b2-1?,18-11-/t13-,14-/m0/s1. The van der Waals surface area contributed by atoms with Crippen LogP contribution in [0.3, 0.4) is 0 Å². The normalized spacial score (nSPS) is 26.2. The number of hydrogen-bond donors (Lipinski definition) is 1. The molecule has 1 fully saturated rings. The van der Waals surface area contributed by atoms with Crippen LogP contribution in [0.4, 0.5) is 5.69 Å². The number of hydrogen-bond acceptors (Lipinski definition) is 4. The van der Waals surface area contributed by atoms with Gasteiger partial charge in [-0.05, 0) is 43.6 Å². The smallest absolute Gasteiger partial charge is 0.273 e. The van der Waals surface area contributed by atoms with E-state index in [0.29, 0.717) is 17.4 Å². The van der Waals surface area contributed by atoms with E-state index in [1.54, 1.807) is 18.2 Å². The highest BCUT2D eigenvalue weighted by atomic mass is 16.6. The molecule has 0 aromatic heterocycles. The fraction of sp³-hybridized carbons (Fsp3) is 0.412. The van der Waals surface area contributed by atoms with Gasteiger partial charge in [0, 0.05) is 12.0 Å². The first-order valence-electron chi connectivity index (χ1n) is 7.90. The lowest BCUT2D eigenvalue weighted by Gasteiger charge is -1.99. The minimum Gasteiger partial charge on any atom is -0.273 e. The third-order valence-corrected chi connectivity index (χ3v) is 4.65. The number of carbonyl (C=O) groups excluding carboxylic acids is 1. The van der Waals surface area contributed by atoms with Crippen LogP contribution in [0.15, 0.2) is 41.5 Å². The molecule has 23 heavy (non-hydrogen) atoms. The van der Waals surface area contributed by atoms with Crippen molar-refractivity contribution < 1.29 is 9.72 Å². The largest absolute Gasteiger partial charge is 0.278 e. The van der Waals surface area contributed by atoms with Crippen LogP contribution in [0.25, 0.3) is 0 Å². The second-order valence-corrected chi connectivity index (χ2v) is 6.03. The van der Waals surface area contributed by atoms with E-state index in [-0.39, 0.29) is 17.5 Å². The summed E-state index contributed by atoms with van der Waals surface area (Å²) in [5, 5.41) is 14.8. The Bertz CT molecular complexity index is 653. The first kappa shape index (κ1) is 15.4. The molecular formula is C17H19N3O3.